The number of nitrogens with one attached hydrogen (secondary N) is 1. The van der Waals surface area contributed by atoms with Crippen molar-refractivity contribution in [2.45, 2.75) is 31.8 Å². The fraction of sp³-hybridized carbons (Fsp3) is 0.333. The summed E-state index contributed by atoms with van der Waals surface area (Å²) in [6, 6.07) is 22.2. The van der Waals surface area contributed by atoms with E-state index in [4.69, 9.17) is 4.74 Å². The van der Waals surface area contributed by atoms with E-state index in [-0.39, 0.29) is 11.8 Å². The Kier molecular flexibility index (Phi) is 5.77. The highest BCUT2D eigenvalue weighted by atomic mass is 16.5. The molecule has 0 unspecified atom stereocenters. The van der Waals surface area contributed by atoms with Crippen LogP contribution in [0, 0.1) is 0 Å². The summed E-state index contributed by atoms with van der Waals surface area (Å²) in [5, 5.41) is 5.30. The van der Waals surface area contributed by atoms with Crippen molar-refractivity contribution in [3.63, 3.8) is 0 Å². The van der Waals surface area contributed by atoms with Gasteiger partial charge in [0.2, 0.25) is 11.8 Å². The summed E-state index contributed by atoms with van der Waals surface area (Å²) in [6.45, 7) is 5.50. The third-order valence-electron chi connectivity index (χ3n) is 6.92. The number of amides is 2. The maximum atomic E-state index is 13.4. The molecule has 1 N–H and O–H groups in total. The van der Waals surface area contributed by atoms with E-state index in [1.807, 2.05) is 55.5 Å². The molecule has 2 aliphatic heterocycles. The van der Waals surface area contributed by atoms with Crippen LogP contribution in [0.2, 0.25) is 0 Å². The number of hydrogen-bond donors (Lipinski definition) is 1. The maximum absolute atomic E-state index is 13.4. The molecule has 0 bridgehead atoms. The average molecular weight is 444 g/mol. The summed E-state index contributed by atoms with van der Waals surface area (Å²) in [6.07, 6.45) is 0.888. The third kappa shape index (κ3) is 4.18. The highest BCUT2D eigenvalue weighted by Gasteiger charge is 2.47. The molecule has 0 saturated carbocycles. The van der Waals surface area contributed by atoms with Crippen molar-refractivity contribution in [1.82, 2.24) is 4.90 Å². The highest BCUT2D eigenvalue weighted by molar-refractivity contribution is 6.02. The lowest BCUT2D eigenvalue weighted by Gasteiger charge is -2.34. The Morgan fingerprint density at radius 2 is 1.73 bits per heavy atom. The lowest BCUT2D eigenvalue weighted by Crippen LogP contribution is -2.51. The molecule has 6 nitrogen and oxygen atoms in total. The highest BCUT2D eigenvalue weighted by Crippen LogP contribution is 2.34. The standard InChI is InChI=1S/C27H29N3O3/c1-27(26(32)28-22-9-11-23(12-10-22)29-15-17-33-18-16-29)14-13-25(31)30(27)19-21-7-4-6-20-5-2-3-8-24(20)21/h2-12H,13-19H2,1H3,(H,28,32)/t27-/m1/s1. The zero-order valence-corrected chi connectivity index (χ0v) is 18.9. The number of carbonyl (C=O) groups is 2. The molecule has 3 aromatic rings. The van der Waals surface area contributed by atoms with Crippen LogP contribution in [-0.4, -0.2) is 48.6 Å². The molecule has 2 heterocycles. The molecule has 5 rings (SSSR count). The molecular formula is C27H29N3O3. The van der Waals surface area contributed by atoms with Crippen LogP contribution in [0.15, 0.2) is 66.7 Å². The topological polar surface area (TPSA) is 61.9 Å². The van der Waals surface area contributed by atoms with Crippen LogP contribution in [0.1, 0.15) is 25.3 Å². The second-order valence-corrected chi connectivity index (χ2v) is 8.99. The Morgan fingerprint density at radius 1 is 1.00 bits per heavy atom. The van der Waals surface area contributed by atoms with Crippen molar-refractivity contribution >= 4 is 34.0 Å². The van der Waals surface area contributed by atoms with Gasteiger partial charge in [0, 0.05) is 37.4 Å². The van der Waals surface area contributed by atoms with Gasteiger partial charge in [0.25, 0.3) is 0 Å². The molecule has 0 aromatic heterocycles. The van der Waals surface area contributed by atoms with Crippen molar-refractivity contribution in [2.24, 2.45) is 0 Å². The van der Waals surface area contributed by atoms with Gasteiger partial charge in [0.05, 0.1) is 13.2 Å². The van der Waals surface area contributed by atoms with Crippen molar-refractivity contribution in [3.8, 4) is 0 Å². The van der Waals surface area contributed by atoms with Gasteiger partial charge in [0.1, 0.15) is 5.54 Å². The van der Waals surface area contributed by atoms with E-state index in [1.165, 1.54) is 0 Å². The lowest BCUT2D eigenvalue weighted by molar-refractivity contribution is -0.138. The molecular weight excluding hydrogens is 414 g/mol. The van der Waals surface area contributed by atoms with E-state index in [0.717, 1.165) is 54.0 Å². The normalized spacial score (nSPS) is 20.9. The fourth-order valence-electron chi connectivity index (χ4n) is 4.84. The Labute approximate surface area is 194 Å². The van der Waals surface area contributed by atoms with Gasteiger partial charge in [-0.05, 0) is 53.9 Å². The molecule has 2 amide bonds. The minimum absolute atomic E-state index is 0.0169. The number of rotatable bonds is 5. The van der Waals surface area contributed by atoms with Crippen molar-refractivity contribution < 1.29 is 14.3 Å². The number of hydrogen-bond acceptors (Lipinski definition) is 4. The molecule has 3 aromatic carbocycles. The predicted octanol–water partition coefficient (Wildman–Crippen LogP) is 4.20. The van der Waals surface area contributed by atoms with E-state index in [2.05, 4.69) is 28.4 Å². The Balaban J connectivity index is 1.33. The summed E-state index contributed by atoms with van der Waals surface area (Å²) in [5.74, 6) is -0.129. The van der Waals surface area contributed by atoms with E-state index in [9.17, 15) is 9.59 Å². The van der Waals surface area contributed by atoms with Crippen LogP contribution in [0.25, 0.3) is 10.8 Å². The first-order valence-electron chi connectivity index (χ1n) is 11.6. The smallest absolute Gasteiger partial charge is 0.250 e. The Bertz CT molecular complexity index is 1170. The first-order chi connectivity index (χ1) is 16.0. The number of nitrogens with zero attached hydrogens (tertiary/aromatic N) is 2. The number of likely N-dealkylation sites (tertiary alicyclic amines) is 1. The molecule has 2 fully saturated rings. The minimum Gasteiger partial charge on any atom is -0.378 e. The largest absolute Gasteiger partial charge is 0.378 e. The van der Waals surface area contributed by atoms with Crippen LogP contribution >= 0.6 is 0 Å². The summed E-state index contributed by atoms with van der Waals surface area (Å²) in [5.41, 5.74) is 2.02. The maximum Gasteiger partial charge on any atom is 0.250 e. The summed E-state index contributed by atoms with van der Waals surface area (Å²) >= 11 is 0. The number of fused-ring (bicyclic) bond motifs is 1. The molecule has 0 radical (unpaired) electrons. The zero-order valence-electron chi connectivity index (χ0n) is 18.9. The van der Waals surface area contributed by atoms with Crippen LogP contribution in [0.3, 0.4) is 0 Å². The fourth-order valence-corrected chi connectivity index (χ4v) is 4.84. The molecule has 1 atom stereocenters. The third-order valence-corrected chi connectivity index (χ3v) is 6.92. The van der Waals surface area contributed by atoms with E-state index < -0.39 is 5.54 Å². The van der Waals surface area contributed by atoms with E-state index in [0.29, 0.717) is 19.4 Å². The van der Waals surface area contributed by atoms with Crippen LogP contribution in [-0.2, 0) is 20.9 Å². The molecule has 6 heteroatoms. The summed E-state index contributed by atoms with van der Waals surface area (Å²) in [7, 11) is 0. The average Bonchev–Trinajstić information content (AvgIpc) is 3.15. The SMILES string of the molecule is C[C@]1(C(=O)Nc2ccc(N3CCOCC3)cc2)CCC(=O)N1Cc1cccc2ccccc12. The van der Waals surface area contributed by atoms with Crippen LogP contribution < -0.4 is 10.2 Å². The van der Waals surface area contributed by atoms with Gasteiger partial charge < -0.3 is 19.9 Å². The van der Waals surface area contributed by atoms with Gasteiger partial charge >= 0.3 is 0 Å². The number of morpholine rings is 1. The van der Waals surface area contributed by atoms with Crippen molar-refractivity contribution in [3.05, 3.63) is 72.3 Å². The number of anilines is 2. The van der Waals surface area contributed by atoms with E-state index in [1.54, 1.807) is 4.90 Å². The van der Waals surface area contributed by atoms with Gasteiger partial charge in [-0.25, -0.2) is 0 Å². The molecule has 2 saturated heterocycles. The van der Waals surface area contributed by atoms with Gasteiger partial charge in [-0.3, -0.25) is 9.59 Å². The molecule has 0 spiro atoms. The first kappa shape index (κ1) is 21.5. The Hall–Kier alpha value is -3.38. The number of benzene rings is 3. The number of ether oxygens (including phenoxy) is 1. The minimum atomic E-state index is -0.892. The molecule has 2 aliphatic rings. The zero-order chi connectivity index (χ0) is 22.8. The van der Waals surface area contributed by atoms with Crippen LogP contribution in [0.4, 0.5) is 11.4 Å². The molecule has 170 valence electrons. The van der Waals surface area contributed by atoms with Gasteiger partial charge in [-0.2, -0.15) is 0 Å². The van der Waals surface area contributed by atoms with Crippen LogP contribution in [0.5, 0.6) is 0 Å². The lowest BCUT2D eigenvalue weighted by atomic mass is 9.96. The van der Waals surface area contributed by atoms with Crippen molar-refractivity contribution in [1.29, 1.82) is 0 Å². The van der Waals surface area contributed by atoms with Gasteiger partial charge in [0.15, 0.2) is 0 Å². The summed E-state index contributed by atoms with van der Waals surface area (Å²) in [4.78, 5) is 30.3. The second kappa shape index (κ2) is 8.87. The number of carbonyl (C=O) groups excluding carboxylic acids is 2. The molecule has 0 aliphatic carbocycles. The summed E-state index contributed by atoms with van der Waals surface area (Å²) < 4.78 is 5.42. The predicted molar refractivity (Wildman–Crippen MR) is 130 cm³/mol. The monoisotopic (exact) mass is 443 g/mol. The van der Waals surface area contributed by atoms with Crippen molar-refractivity contribution in [2.75, 3.05) is 36.5 Å². The molecule has 33 heavy (non-hydrogen) atoms. The van der Waals surface area contributed by atoms with Gasteiger partial charge in [-0.1, -0.05) is 42.5 Å². The Morgan fingerprint density at radius 3 is 2.52 bits per heavy atom. The first-order valence-corrected chi connectivity index (χ1v) is 11.6. The van der Waals surface area contributed by atoms with E-state index >= 15 is 0 Å². The van der Waals surface area contributed by atoms with Gasteiger partial charge in [-0.15, -0.1) is 0 Å². The second-order valence-electron chi connectivity index (χ2n) is 8.99. The quantitative estimate of drug-likeness (QED) is 0.642.